The van der Waals surface area contributed by atoms with Crippen molar-refractivity contribution in [2.75, 3.05) is 26.2 Å². The standard InChI is InChI=1S/C17H36N2O/c1-6-13-20-16-10-8-12-19(14-16)15(2)9-7-11-18-17(3,4)5/h15-16,18H,6-14H2,1-5H3. The van der Waals surface area contributed by atoms with Crippen LogP contribution >= 0.6 is 0 Å². The smallest absolute Gasteiger partial charge is 0.0702 e. The van der Waals surface area contributed by atoms with E-state index in [4.69, 9.17) is 4.74 Å². The summed E-state index contributed by atoms with van der Waals surface area (Å²) in [4.78, 5) is 2.63. The third kappa shape index (κ3) is 7.61. The number of nitrogens with one attached hydrogen (secondary N) is 1. The van der Waals surface area contributed by atoms with Gasteiger partial charge in [-0.1, -0.05) is 6.92 Å². The molecule has 0 spiro atoms. The van der Waals surface area contributed by atoms with Crippen LogP contribution < -0.4 is 5.32 Å². The Bertz CT molecular complexity index is 250. The van der Waals surface area contributed by atoms with Crippen molar-refractivity contribution < 1.29 is 4.74 Å². The zero-order chi connectivity index (χ0) is 15.0. The molecule has 1 aliphatic heterocycles. The molecule has 1 saturated heterocycles. The lowest BCUT2D eigenvalue weighted by molar-refractivity contribution is -0.0114. The van der Waals surface area contributed by atoms with E-state index in [1.807, 2.05) is 0 Å². The van der Waals surface area contributed by atoms with Crippen molar-refractivity contribution in [3.63, 3.8) is 0 Å². The fourth-order valence-electron chi connectivity index (χ4n) is 2.83. The van der Waals surface area contributed by atoms with Crippen molar-refractivity contribution in [1.82, 2.24) is 10.2 Å². The van der Waals surface area contributed by atoms with E-state index in [9.17, 15) is 0 Å². The van der Waals surface area contributed by atoms with E-state index in [2.05, 4.69) is 44.8 Å². The van der Waals surface area contributed by atoms with Crippen LogP contribution in [0.25, 0.3) is 0 Å². The number of hydrogen-bond donors (Lipinski definition) is 1. The Morgan fingerprint density at radius 1 is 1.35 bits per heavy atom. The van der Waals surface area contributed by atoms with Crippen LogP contribution in [0.15, 0.2) is 0 Å². The van der Waals surface area contributed by atoms with Gasteiger partial charge in [0, 0.05) is 24.7 Å². The second-order valence-electron chi connectivity index (χ2n) is 7.30. The highest BCUT2D eigenvalue weighted by molar-refractivity contribution is 4.78. The maximum atomic E-state index is 5.93. The molecule has 0 bridgehead atoms. The summed E-state index contributed by atoms with van der Waals surface area (Å²) in [5.74, 6) is 0. The summed E-state index contributed by atoms with van der Waals surface area (Å²) in [6, 6.07) is 0.685. The monoisotopic (exact) mass is 284 g/mol. The van der Waals surface area contributed by atoms with Crippen molar-refractivity contribution in [2.45, 2.75) is 84.4 Å². The van der Waals surface area contributed by atoms with E-state index < -0.39 is 0 Å². The van der Waals surface area contributed by atoms with Crippen LogP contribution in [0, 0.1) is 0 Å². The molecule has 0 amide bonds. The molecule has 0 saturated carbocycles. The van der Waals surface area contributed by atoms with Crippen LogP contribution in [0.3, 0.4) is 0 Å². The summed E-state index contributed by atoms with van der Waals surface area (Å²) in [5, 5.41) is 3.57. The van der Waals surface area contributed by atoms with Crippen LogP contribution in [-0.2, 0) is 4.74 Å². The molecule has 2 unspecified atom stereocenters. The second-order valence-corrected chi connectivity index (χ2v) is 7.30. The molecule has 0 aromatic carbocycles. The normalized spacial score (nSPS) is 22.9. The fourth-order valence-corrected chi connectivity index (χ4v) is 2.83. The van der Waals surface area contributed by atoms with E-state index in [-0.39, 0.29) is 5.54 Å². The summed E-state index contributed by atoms with van der Waals surface area (Å²) in [6.07, 6.45) is 6.68. The van der Waals surface area contributed by atoms with Gasteiger partial charge in [-0.25, -0.2) is 0 Å². The Labute approximate surface area is 126 Å². The SMILES string of the molecule is CCCOC1CCCN(C(C)CCCNC(C)(C)C)C1. The molecule has 1 aliphatic rings. The molecule has 0 aromatic heterocycles. The number of nitrogens with zero attached hydrogens (tertiary/aromatic N) is 1. The van der Waals surface area contributed by atoms with Crippen molar-refractivity contribution in [1.29, 1.82) is 0 Å². The third-order valence-electron chi connectivity index (χ3n) is 4.04. The Morgan fingerprint density at radius 2 is 2.10 bits per heavy atom. The average Bonchev–Trinajstić information content (AvgIpc) is 2.40. The second kappa shape index (κ2) is 9.01. The molecule has 0 aliphatic carbocycles. The largest absolute Gasteiger partial charge is 0.377 e. The predicted molar refractivity (Wildman–Crippen MR) is 87.3 cm³/mol. The summed E-state index contributed by atoms with van der Waals surface area (Å²) in [5.41, 5.74) is 0.244. The predicted octanol–water partition coefficient (Wildman–Crippen LogP) is 3.43. The molecule has 0 aromatic rings. The minimum atomic E-state index is 0.244. The highest BCUT2D eigenvalue weighted by atomic mass is 16.5. The van der Waals surface area contributed by atoms with Gasteiger partial charge in [0.05, 0.1) is 6.10 Å². The topological polar surface area (TPSA) is 24.5 Å². The highest BCUT2D eigenvalue weighted by Crippen LogP contribution is 2.18. The zero-order valence-corrected chi connectivity index (χ0v) is 14.4. The molecule has 20 heavy (non-hydrogen) atoms. The number of ether oxygens (including phenoxy) is 1. The summed E-state index contributed by atoms with van der Waals surface area (Å²) >= 11 is 0. The minimum Gasteiger partial charge on any atom is -0.377 e. The van der Waals surface area contributed by atoms with Crippen molar-refractivity contribution >= 4 is 0 Å². The van der Waals surface area contributed by atoms with E-state index in [1.165, 1.54) is 32.2 Å². The van der Waals surface area contributed by atoms with Crippen LogP contribution in [-0.4, -0.2) is 48.8 Å². The molecular weight excluding hydrogens is 248 g/mol. The first-order chi connectivity index (χ1) is 9.42. The van der Waals surface area contributed by atoms with Crippen LogP contribution in [0.5, 0.6) is 0 Å². The molecular formula is C17H36N2O. The number of hydrogen-bond acceptors (Lipinski definition) is 3. The van der Waals surface area contributed by atoms with Gasteiger partial charge in [0.15, 0.2) is 0 Å². The summed E-state index contributed by atoms with van der Waals surface area (Å²) < 4.78 is 5.93. The van der Waals surface area contributed by atoms with Gasteiger partial charge in [0.25, 0.3) is 0 Å². The quantitative estimate of drug-likeness (QED) is 0.691. The first-order valence-corrected chi connectivity index (χ1v) is 8.53. The van der Waals surface area contributed by atoms with Gasteiger partial charge < -0.3 is 10.1 Å². The lowest BCUT2D eigenvalue weighted by Gasteiger charge is -2.37. The Morgan fingerprint density at radius 3 is 2.75 bits per heavy atom. The Hall–Kier alpha value is -0.120. The lowest BCUT2D eigenvalue weighted by Crippen LogP contribution is -2.45. The minimum absolute atomic E-state index is 0.244. The molecule has 1 heterocycles. The van der Waals surface area contributed by atoms with Gasteiger partial charge in [-0.05, 0) is 72.9 Å². The van der Waals surface area contributed by atoms with Crippen LogP contribution in [0.1, 0.15) is 66.7 Å². The van der Waals surface area contributed by atoms with E-state index in [0.717, 1.165) is 26.1 Å². The number of piperidine rings is 1. The molecule has 1 fully saturated rings. The van der Waals surface area contributed by atoms with Crippen molar-refractivity contribution in [2.24, 2.45) is 0 Å². The maximum Gasteiger partial charge on any atom is 0.0702 e. The van der Waals surface area contributed by atoms with Crippen molar-refractivity contribution in [3.05, 3.63) is 0 Å². The Kier molecular flexibility index (Phi) is 8.08. The first-order valence-electron chi connectivity index (χ1n) is 8.53. The van der Waals surface area contributed by atoms with Gasteiger partial charge >= 0.3 is 0 Å². The molecule has 120 valence electrons. The number of rotatable bonds is 8. The van der Waals surface area contributed by atoms with E-state index in [1.54, 1.807) is 0 Å². The van der Waals surface area contributed by atoms with Gasteiger partial charge in [-0.3, -0.25) is 4.90 Å². The highest BCUT2D eigenvalue weighted by Gasteiger charge is 2.23. The summed E-state index contributed by atoms with van der Waals surface area (Å²) in [6.45, 7) is 15.7. The van der Waals surface area contributed by atoms with Crippen molar-refractivity contribution in [3.8, 4) is 0 Å². The van der Waals surface area contributed by atoms with Crippen LogP contribution in [0.2, 0.25) is 0 Å². The van der Waals surface area contributed by atoms with Crippen LogP contribution in [0.4, 0.5) is 0 Å². The van der Waals surface area contributed by atoms with Gasteiger partial charge in [-0.15, -0.1) is 0 Å². The molecule has 1 N–H and O–H groups in total. The summed E-state index contributed by atoms with van der Waals surface area (Å²) in [7, 11) is 0. The zero-order valence-electron chi connectivity index (χ0n) is 14.4. The molecule has 1 rings (SSSR count). The lowest BCUT2D eigenvalue weighted by atomic mass is 10.0. The molecule has 3 heteroatoms. The van der Waals surface area contributed by atoms with E-state index in [0.29, 0.717) is 12.1 Å². The number of likely N-dealkylation sites (tertiary alicyclic amines) is 1. The molecule has 3 nitrogen and oxygen atoms in total. The third-order valence-corrected chi connectivity index (χ3v) is 4.04. The molecule has 0 radical (unpaired) electrons. The van der Waals surface area contributed by atoms with Gasteiger partial charge in [0.1, 0.15) is 0 Å². The van der Waals surface area contributed by atoms with E-state index >= 15 is 0 Å². The molecule has 2 atom stereocenters. The van der Waals surface area contributed by atoms with Gasteiger partial charge in [-0.2, -0.15) is 0 Å². The fraction of sp³-hybridized carbons (Fsp3) is 1.00. The maximum absolute atomic E-state index is 5.93. The average molecular weight is 284 g/mol. The Balaban J connectivity index is 2.19. The first kappa shape index (κ1) is 17.9. The van der Waals surface area contributed by atoms with Gasteiger partial charge in [0.2, 0.25) is 0 Å².